The van der Waals surface area contributed by atoms with Crippen LogP contribution in [0.25, 0.3) is 0 Å². The van der Waals surface area contributed by atoms with Crippen LogP contribution in [0.15, 0.2) is 18.5 Å². The molecular weight excluding hydrogens is 184 g/mol. The maximum atomic E-state index is 6.06. The van der Waals surface area contributed by atoms with Crippen LogP contribution in [-0.2, 0) is 6.54 Å². The van der Waals surface area contributed by atoms with Gasteiger partial charge in [0.05, 0.1) is 0 Å². The van der Waals surface area contributed by atoms with Crippen molar-refractivity contribution in [1.29, 1.82) is 0 Å². The van der Waals surface area contributed by atoms with Crippen LogP contribution in [0.5, 0.6) is 0 Å². The zero-order chi connectivity index (χ0) is 11.1. The monoisotopic (exact) mass is 208 g/mol. The van der Waals surface area contributed by atoms with Gasteiger partial charge in [0, 0.05) is 25.0 Å². The topological polar surface area (TPSA) is 30.9 Å². The van der Waals surface area contributed by atoms with Gasteiger partial charge in [-0.15, -0.1) is 0 Å². The lowest BCUT2D eigenvalue weighted by molar-refractivity contribution is 0.597. The first kappa shape index (κ1) is 12.3. The normalized spacial score (nSPS) is 13.0. The molecule has 2 heteroatoms. The Balaban J connectivity index is 2.41. The number of unbranched alkanes of at least 4 members (excludes halogenated alkanes) is 2. The van der Waals surface area contributed by atoms with Gasteiger partial charge in [-0.1, -0.05) is 33.1 Å². The number of rotatable bonds is 7. The summed E-state index contributed by atoms with van der Waals surface area (Å²) < 4.78 is 2.26. The van der Waals surface area contributed by atoms with Gasteiger partial charge in [0.15, 0.2) is 0 Å². The van der Waals surface area contributed by atoms with E-state index < -0.39 is 0 Å². The van der Waals surface area contributed by atoms with Crippen molar-refractivity contribution >= 4 is 0 Å². The summed E-state index contributed by atoms with van der Waals surface area (Å²) in [6.07, 6.45) is 10.5. The average Bonchev–Trinajstić information content (AvgIpc) is 2.67. The first-order valence-corrected chi connectivity index (χ1v) is 6.19. The Bertz CT molecular complexity index is 265. The number of nitrogens with zero attached hydrogens (tertiary/aromatic N) is 1. The highest BCUT2D eigenvalue weighted by Gasteiger charge is 2.05. The predicted molar refractivity (Wildman–Crippen MR) is 65.8 cm³/mol. The third kappa shape index (κ3) is 4.08. The summed E-state index contributed by atoms with van der Waals surface area (Å²) in [5.41, 5.74) is 7.35. The summed E-state index contributed by atoms with van der Waals surface area (Å²) in [5.74, 6) is 0. The van der Waals surface area contributed by atoms with Crippen LogP contribution in [0.3, 0.4) is 0 Å². The fourth-order valence-corrected chi connectivity index (χ4v) is 1.84. The average molecular weight is 208 g/mol. The molecule has 1 aromatic rings. The maximum absolute atomic E-state index is 6.06. The fourth-order valence-electron chi connectivity index (χ4n) is 1.84. The molecule has 1 aromatic heterocycles. The smallest absolute Gasteiger partial charge is 0.0309 e. The first-order chi connectivity index (χ1) is 7.27. The van der Waals surface area contributed by atoms with Gasteiger partial charge in [-0.25, -0.2) is 0 Å². The Morgan fingerprint density at radius 3 is 2.73 bits per heavy atom. The summed E-state index contributed by atoms with van der Waals surface area (Å²) in [4.78, 5) is 0. The van der Waals surface area contributed by atoms with Gasteiger partial charge in [0.25, 0.3) is 0 Å². The van der Waals surface area contributed by atoms with E-state index >= 15 is 0 Å². The molecule has 0 amide bonds. The molecule has 1 rings (SSSR count). The van der Waals surface area contributed by atoms with Crippen LogP contribution >= 0.6 is 0 Å². The Morgan fingerprint density at radius 2 is 2.07 bits per heavy atom. The van der Waals surface area contributed by atoms with E-state index in [9.17, 15) is 0 Å². The van der Waals surface area contributed by atoms with Gasteiger partial charge in [0.1, 0.15) is 0 Å². The van der Waals surface area contributed by atoms with Crippen molar-refractivity contribution in [3.63, 3.8) is 0 Å². The van der Waals surface area contributed by atoms with E-state index in [4.69, 9.17) is 5.73 Å². The van der Waals surface area contributed by atoms with Gasteiger partial charge in [-0.2, -0.15) is 0 Å². The molecule has 0 aliphatic heterocycles. The number of aryl methyl sites for hydroxylation is 1. The number of nitrogens with two attached hydrogens (primary N) is 1. The van der Waals surface area contributed by atoms with Gasteiger partial charge >= 0.3 is 0 Å². The highest BCUT2D eigenvalue weighted by atomic mass is 14.9. The summed E-state index contributed by atoms with van der Waals surface area (Å²) >= 11 is 0. The number of hydrogen-bond donors (Lipinski definition) is 1. The Kier molecular flexibility index (Phi) is 5.48. The molecule has 0 aliphatic carbocycles. The van der Waals surface area contributed by atoms with Crippen LogP contribution < -0.4 is 5.73 Å². The zero-order valence-electron chi connectivity index (χ0n) is 10.1. The minimum Gasteiger partial charge on any atom is -0.354 e. The van der Waals surface area contributed by atoms with Crippen LogP contribution in [0, 0.1) is 0 Å². The molecule has 1 atom stereocenters. The van der Waals surface area contributed by atoms with Crippen LogP contribution in [0.1, 0.15) is 57.6 Å². The minimum absolute atomic E-state index is 0.224. The summed E-state index contributed by atoms with van der Waals surface area (Å²) in [6.45, 7) is 5.54. The quantitative estimate of drug-likeness (QED) is 0.683. The summed E-state index contributed by atoms with van der Waals surface area (Å²) in [7, 11) is 0. The SMILES string of the molecule is CCCCCn1ccc(C(N)CCC)c1. The lowest BCUT2D eigenvalue weighted by Crippen LogP contribution is -2.08. The highest BCUT2D eigenvalue weighted by molar-refractivity contribution is 5.14. The second-order valence-electron chi connectivity index (χ2n) is 4.28. The molecule has 0 fully saturated rings. The number of aromatic nitrogens is 1. The molecule has 15 heavy (non-hydrogen) atoms. The second-order valence-corrected chi connectivity index (χ2v) is 4.28. The number of hydrogen-bond acceptors (Lipinski definition) is 1. The van der Waals surface area contributed by atoms with E-state index in [0.717, 1.165) is 19.4 Å². The van der Waals surface area contributed by atoms with Gasteiger partial charge in [0.2, 0.25) is 0 Å². The molecule has 0 bridgehead atoms. The van der Waals surface area contributed by atoms with Crippen molar-refractivity contribution in [2.75, 3.05) is 0 Å². The maximum Gasteiger partial charge on any atom is 0.0309 e. The van der Waals surface area contributed by atoms with E-state index in [0.29, 0.717) is 0 Å². The van der Waals surface area contributed by atoms with Crippen molar-refractivity contribution in [1.82, 2.24) is 4.57 Å². The third-order valence-corrected chi connectivity index (χ3v) is 2.82. The Labute approximate surface area is 93.5 Å². The molecule has 1 heterocycles. The minimum atomic E-state index is 0.224. The lowest BCUT2D eigenvalue weighted by Gasteiger charge is -2.07. The van der Waals surface area contributed by atoms with E-state index in [1.54, 1.807) is 0 Å². The van der Waals surface area contributed by atoms with E-state index in [1.807, 2.05) is 0 Å². The third-order valence-electron chi connectivity index (χ3n) is 2.82. The van der Waals surface area contributed by atoms with Crippen molar-refractivity contribution in [3.8, 4) is 0 Å². The lowest BCUT2D eigenvalue weighted by atomic mass is 10.1. The van der Waals surface area contributed by atoms with Gasteiger partial charge in [-0.3, -0.25) is 0 Å². The Morgan fingerprint density at radius 1 is 1.27 bits per heavy atom. The van der Waals surface area contributed by atoms with Crippen LogP contribution in [-0.4, -0.2) is 4.57 Å². The summed E-state index contributed by atoms with van der Waals surface area (Å²) in [5, 5.41) is 0. The predicted octanol–water partition coefficient (Wildman–Crippen LogP) is 3.48. The van der Waals surface area contributed by atoms with Crippen molar-refractivity contribution in [2.45, 2.75) is 58.5 Å². The van der Waals surface area contributed by atoms with Crippen LogP contribution in [0.4, 0.5) is 0 Å². The molecule has 0 saturated heterocycles. The molecule has 1 unspecified atom stereocenters. The standard InChI is InChI=1S/C13H24N2/c1-3-5-6-9-15-10-8-12(11-15)13(14)7-4-2/h8,10-11,13H,3-7,9,14H2,1-2H3. The van der Waals surface area contributed by atoms with Crippen molar-refractivity contribution in [2.24, 2.45) is 5.73 Å². The molecule has 0 aromatic carbocycles. The fraction of sp³-hybridized carbons (Fsp3) is 0.692. The largest absolute Gasteiger partial charge is 0.354 e. The van der Waals surface area contributed by atoms with E-state index in [2.05, 4.69) is 36.9 Å². The Hall–Kier alpha value is -0.760. The molecule has 0 saturated carbocycles. The molecular formula is C13H24N2. The van der Waals surface area contributed by atoms with Crippen molar-refractivity contribution < 1.29 is 0 Å². The van der Waals surface area contributed by atoms with Crippen molar-refractivity contribution in [3.05, 3.63) is 24.0 Å². The summed E-state index contributed by atoms with van der Waals surface area (Å²) in [6, 6.07) is 2.38. The molecule has 2 N–H and O–H groups in total. The van der Waals surface area contributed by atoms with Gasteiger partial charge < -0.3 is 10.3 Å². The highest BCUT2D eigenvalue weighted by Crippen LogP contribution is 2.16. The van der Waals surface area contributed by atoms with E-state index in [-0.39, 0.29) is 6.04 Å². The molecule has 0 spiro atoms. The molecule has 0 aliphatic rings. The van der Waals surface area contributed by atoms with E-state index in [1.165, 1.54) is 24.8 Å². The zero-order valence-corrected chi connectivity index (χ0v) is 10.1. The van der Waals surface area contributed by atoms with Crippen LogP contribution in [0.2, 0.25) is 0 Å². The molecule has 86 valence electrons. The second kappa shape index (κ2) is 6.67. The first-order valence-electron chi connectivity index (χ1n) is 6.19. The molecule has 0 radical (unpaired) electrons. The molecule has 2 nitrogen and oxygen atoms in total. The van der Waals surface area contributed by atoms with Gasteiger partial charge in [-0.05, 0) is 24.5 Å².